The second kappa shape index (κ2) is 5.11. The highest BCUT2D eigenvalue weighted by atomic mass is 16.3. The summed E-state index contributed by atoms with van der Waals surface area (Å²) in [6.45, 7) is 0. The van der Waals surface area contributed by atoms with Gasteiger partial charge >= 0.3 is 0 Å². The van der Waals surface area contributed by atoms with Crippen molar-refractivity contribution in [3.05, 3.63) is 0 Å². The lowest BCUT2D eigenvalue weighted by atomic mass is 9.75. The Labute approximate surface area is 92.1 Å². The average Bonchev–Trinajstić information content (AvgIpc) is 2.30. The normalized spacial score (nSPS) is 27.9. The maximum Gasteiger partial charge on any atom is 0.132 e. The molecule has 0 saturated heterocycles. The zero-order valence-electron chi connectivity index (χ0n) is 9.45. The van der Waals surface area contributed by atoms with Crippen LogP contribution in [-0.2, 0) is 4.79 Å². The molecule has 0 aromatic rings. The lowest BCUT2D eigenvalue weighted by Crippen LogP contribution is -2.33. The zero-order valence-corrected chi connectivity index (χ0v) is 9.45. The summed E-state index contributed by atoms with van der Waals surface area (Å²) in [4.78, 5) is 11.1. The van der Waals surface area contributed by atoms with Crippen LogP contribution < -0.4 is 0 Å². The monoisotopic (exact) mass is 210 g/mol. The number of carbonyl (C=O) groups excluding carboxylic acids is 1. The molecular formula is C13H22O2. The van der Waals surface area contributed by atoms with E-state index in [0.717, 1.165) is 12.8 Å². The SMILES string of the molecule is O=C1CCC(C(O)C2CCCCC2)CC1. The van der Waals surface area contributed by atoms with Gasteiger partial charge in [0.2, 0.25) is 0 Å². The van der Waals surface area contributed by atoms with Crippen molar-refractivity contribution in [2.24, 2.45) is 11.8 Å². The Hall–Kier alpha value is -0.370. The van der Waals surface area contributed by atoms with Crippen LogP contribution in [0.3, 0.4) is 0 Å². The highest BCUT2D eigenvalue weighted by molar-refractivity contribution is 5.79. The molecule has 0 aromatic carbocycles. The molecule has 0 bridgehead atoms. The minimum absolute atomic E-state index is 0.126. The summed E-state index contributed by atoms with van der Waals surface area (Å²) in [5, 5.41) is 10.3. The Morgan fingerprint density at radius 1 is 0.933 bits per heavy atom. The smallest absolute Gasteiger partial charge is 0.132 e. The molecule has 2 heteroatoms. The second-order valence-electron chi connectivity index (χ2n) is 5.26. The van der Waals surface area contributed by atoms with Gasteiger partial charge in [0, 0.05) is 12.8 Å². The number of Topliss-reactive ketones (excluding diaryl/α,β-unsaturated/α-hetero) is 1. The molecule has 2 rings (SSSR count). The van der Waals surface area contributed by atoms with Crippen LogP contribution in [0.15, 0.2) is 0 Å². The average molecular weight is 210 g/mol. The number of aliphatic hydroxyl groups excluding tert-OH is 1. The van der Waals surface area contributed by atoms with E-state index in [-0.39, 0.29) is 6.10 Å². The molecule has 0 radical (unpaired) electrons. The van der Waals surface area contributed by atoms with Gasteiger partial charge in [-0.05, 0) is 37.5 Å². The Kier molecular flexibility index (Phi) is 3.79. The van der Waals surface area contributed by atoms with Gasteiger partial charge in [-0.3, -0.25) is 4.79 Å². The molecule has 2 fully saturated rings. The first-order chi connectivity index (χ1) is 7.27. The highest BCUT2D eigenvalue weighted by Crippen LogP contribution is 2.34. The van der Waals surface area contributed by atoms with Gasteiger partial charge in [-0.2, -0.15) is 0 Å². The largest absolute Gasteiger partial charge is 0.393 e. The fourth-order valence-electron chi connectivity index (χ4n) is 3.16. The highest BCUT2D eigenvalue weighted by Gasteiger charge is 2.31. The van der Waals surface area contributed by atoms with E-state index in [1.165, 1.54) is 32.1 Å². The van der Waals surface area contributed by atoms with E-state index in [1.54, 1.807) is 0 Å². The minimum atomic E-state index is -0.126. The van der Waals surface area contributed by atoms with Crippen molar-refractivity contribution in [3.63, 3.8) is 0 Å². The van der Waals surface area contributed by atoms with Crippen LogP contribution in [0.1, 0.15) is 57.8 Å². The topological polar surface area (TPSA) is 37.3 Å². The zero-order chi connectivity index (χ0) is 10.7. The lowest BCUT2D eigenvalue weighted by molar-refractivity contribution is -0.122. The van der Waals surface area contributed by atoms with E-state index < -0.39 is 0 Å². The van der Waals surface area contributed by atoms with Gasteiger partial charge in [0.15, 0.2) is 0 Å². The molecule has 1 N–H and O–H groups in total. The molecule has 0 spiro atoms. The van der Waals surface area contributed by atoms with Crippen molar-refractivity contribution in [2.75, 3.05) is 0 Å². The third kappa shape index (κ3) is 2.81. The van der Waals surface area contributed by atoms with Crippen LogP contribution in [-0.4, -0.2) is 17.0 Å². The van der Waals surface area contributed by atoms with E-state index >= 15 is 0 Å². The van der Waals surface area contributed by atoms with Crippen LogP contribution in [0, 0.1) is 11.8 Å². The maximum absolute atomic E-state index is 11.1. The number of hydrogen-bond donors (Lipinski definition) is 1. The summed E-state index contributed by atoms with van der Waals surface area (Å²) >= 11 is 0. The van der Waals surface area contributed by atoms with E-state index in [0.29, 0.717) is 30.5 Å². The molecule has 15 heavy (non-hydrogen) atoms. The Morgan fingerprint density at radius 3 is 2.07 bits per heavy atom. The first-order valence-corrected chi connectivity index (χ1v) is 6.47. The van der Waals surface area contributed by atoms with Gasteiger partial charge in [0.25, 0.3) is 0 Å². The summed E-state index contributed by atoms with van der Waals surface area (Å²) in [5.41, 5.74) is 0. The summed E-state index contributed by atoms with van der Waals surface area (Å²) in [7, 11) is 0. The van der Waals surface area contributed by atoms with Crippen LogP contribution in [0.25, 0.3) is 0 Å². The predicted molar refractivity (Wildman–Crippen MR) is 59.5 cm³/mol. The number of aliphatic hydroxyl groups is 1. The standard InChI is InChI=1S/C13H22O2/c14-12-8-6-11(7-9-12)13(15)10-4-2-1-3-5-10/h10-11,13,15H,1-9H2. The van der Waals surface area contributed by atoms with Crippen LogP contribution >= 0.6 is 0 Å². The van der Waals surface area contributed by atoms with E-state index in [2.05, 4.69) is 0 Å². The number of rotatable bonds is 2. The Balaban J connectivity index is 1.83. The molecular weight excluding hydrogens is 188 g/mol. The summed E-state index contributed by atoms with van der Waals surface area (Å²) in [6, 6.07) is 0. The van der Waals surface area contributed by atoms with E-state index in [4.69, 9.17) is 0 Å². The molecule has 0 heterocycles. The van der Waals surface area contributed by atoms with Crippen LogP contribution in [0.5, 0.6) is 0 Å². The number of hydrogen-bond acceptors (Lipinski definition) is 2. The first-order valence-electron chi connectivity index (χ1n) is 6.47. The molecule has 2 nitrogen and oxygen atoms in total. The van der Waals surface area contributed by atoms with Gasteiger partial charge < -0.3 is 5.11 Å². The summed E-state index contributed by atoms with van der Waals surface area (Å²) in [5.74, 6) is 1.32. The quantitative estimate of drug-likeness (QED) is 0.761. The second-order valence-corrected chi connectivity index (χ2v) is 5.26. The fraction of sp³-hybridized carbons (Fsp3) is 0.923. The van der Waals surface area contributed by atoms with E-state index in [1.807, 2.05) is 0 Å². The molecule has 2 saturated carbocycles. The number of ketones is 1. The first kappa shape index (κ1) is 11.1. The van der Waals surface area contributed by atoms with Gasteiger partial charge in [-0.1, -0.05) is 19.3 Å². The molecule has 86 valence electrons. The summed E-state index contributed by atoms with van der Waals surface area (Å²) in [6.07, 6.45) is 9.44. The van der Waals surface area contributed by atoms with Crippen LogP contribution in [0.4, 0.5) is 0 Å². The third-order valence-electron chi connectivity index (χ3n) is 4.20. The molecule has 0 aliphatic heterocycles. The van der Waals surface area contributed by atoms with Crippen molar-refractivity contribution in [2.45, 2.75) is 63.9 Å². The molecule has 0 amide bonds. The van der Waals surface area contributed by atoms with Gasteiger partial charge in [-0.15, -0.1) is 0 Å². The Morgan fingerprint density at radius 2 is 1.47 bits per heavy atom. The van der Waals surface area contributed by atoms with Gasteiger partial charge in [0.1, 0.15) is 5.78 Å². The Bertz CT molecular complexity index is 209. The lowest BCUT2D eigenvalue weighted by Gasteiger charge is -2.33. The molecule has 1 unspecified atom stereocenters. The van der Waals surface area contributed by atoms with Crippen molar-refractivity contribution in [1.82, 2.24) is 0 Å². The molecule has 0 aromatic heterocycles. The third-order valence-corrected chi connectivity index (χ3v) is 4.20. The fourth-order valence-corrected chi connectivity index (χ4v) is 3.16. The molecule has 2 aliphatic rings. The van der Waals surface area contributed by atoms with E-state index in [9.17, 15) is 9.90 Å². The molecule has 2 aliphatic carbocycles. The van der Waals surface area contributed by atoms with Crippen molar-refractivity contribution < 1.29 is 9.90 Å². The maximum atomic E-state index is 11.1. The summed E-state index contributed by atoms with van der Waals surface area (Å²) < 4.78 is 0. The van der Waals surface area contributed by atoms with Crippen molar-refractivity contribution in [1.29, 1.82) is 0 Å². The minimum Gasteiger partial charge on any atom is -0.393 e. The van der Waals surface area contributed by atoms with Crippen molar-refractivity contribution in [3.8, 4) is 0 Å². The van der Waals surface area contributed by atoms with Gasteiger partial charge in [-0.25, -0.2) is 0 Å². The number of carbonyl (C=O) groups is 1. The van der Waals surface area contributed by atoms with Crippen LogP contribution in [0.2, 0.25) is 0 Å². The molecule has 1 atom stereocenters. The van der Waals surface area contributed by atoms with Gasteiger partial charge in [0.05, 0.1) is 6.10 Å². The van der Waals surface area contributed by atoms with Crippen molar-refractivity contribution >= 4 is 5.78 Å². The predicted octanol–water partition coefficient (Wildman–Crippen LogP) is 2.69.